The van der Waals surface area contributed by atoms with Crippen molar-refractivity contribution in [1.82, 2.24) is 0 Å². The first-order valence-corrected chi connectivity index (χ1v) is 8.98. The minimum Gasteiger partial charge on any atom is -0.434 e. The minimum absolute atomic E-state index is 0.525. The van der Waals surface area contributed by atoms with Gasteiger partial charge in [0, 0.05) is 25.0 Å². The summed E-state index contributed by atoms with van der Waals surface area (Å²) in [5, 5.41) is 0. The van der Waals surface area contributed by atoms with Gasteiger partial charge >= 0.3 is 11.9 Å². The second-order valence-electron chi connectivity index (χ2n) is 6.69. The van der Waals surface area contributed by atoms with Gasteiger partial charge in [0.15, 0.2) is 0 Å². The molecule has 0 bridgehead atoms. The number of nitrogens with zero attached hydrogens (tertiary/aromatic N) is 2. The van der Waals surface area contributed by atoms with Gasteiger partial charge in [-0.2, -0.15) is 0 Å². The van der Waals surface area contributed by atoms with Crippen molar-refractivity contribution in [2.24, 2.45) is 9.98 Å². The number of carbonyl (C=O) groups excluding carboxylic acids is 2. The zero-order chi connectivity index (χ0) is 20.3. The molecule has 0 aliphatic carbocycles. The fourth-order valence-corrected chi connectivity index (χ4v) is 2.86. The fraction of sp³-hybridized carbons (Fsp3) is 0.273. The largest absolute Gasteiger partial charge is 0.434 e. The molecule has 0 unspecified atom stereocenters. The van der Waals surface area contributed by atoms with Crippen molar-refractivity contribution in [3.05, 3.63) is 70.8 Å². The van der Waals surface area contributed by atoms with E-state index >= 15 is 0 Å². The number of ether oxygens (including phenoxy) is 2. The minimum atomic E-state index is -1.04. The molecule has 0 N–H and O–H groups in total. The van der Waals surface area contributed by atoms with Crippen LogP contribution in [0, 0.1) is 13.8 Å². The highest BCUT2D eigenvalue weighted by Crippen LogP contribution is 2.22. The maximum absolute atomic E-state index is 11.5. The second-order valence-corrected chi connectivity index (χ2v) is 6.69. The Morgan fingerprint density at radius 1 is 0.679 bits per heavy atom. The molecular formula is C22H22N2O4. The van der Waals surface area contributed by atoms with E-state index in [-0.39, 0.29) is 0 Å². The van der Waals surface area contributed by atoms with Gasteiger partial charge in [-0.25, -0.2) is 9.98 Å². The molecule has 1 aliphatic heterocycles. The highest BCUT2D eigenvalue weighted by molar-refractivity contribution is 6.53. The first-order chi connectivity index (χ1) is 13.3. The Hall–Kier alpha value is -3.28. The Morgan fingerprint density at radius 2 is 1.00 bits per heavy atom. The van der Waals surface area contributed by atoms with Crippen LogP contribution in [0.3, 0.4) is 0 Å². The number of hydrogen-bond donors (Lipinski definition) is 0. The molecule has 2 atom stereocenters. The van der Waals surface area contributed by atoms with E-state index in [9.17, 15) is 9.59 Å². The average Bonchev–Trinajstić information content (AvgIpc) is 2.63. The Kier molecular flexibility index (Phi) is 5.68. The summed E-state index contributed by atoms with van der Waals surface area (Å²) in [7, 11) is 0. The van der Waals surface area contributed by atoms with Gasteiger partial charge in [0.05, 0.1) is 11.4 Å². The molecule has 0 aromatic heterocycles. The zero-order valence-electron chi connectivity index (χ0n) is 16.3. The topological polar surface area (TPSA) is 77.3 Å². The van der Waals surface area contributed by atoms with Crippen LogP contribution in [-0.4, -0.2) is 35.8 Å². The van der Waals surface area contributed by atoms with Crippen LogP contribution in [0.25, 0.3) is 0 Å². The van der Waals surface area contributed by atoms with Crippen molar-refractivity contribution < 1.29 is 19.1 Å². The van der Waals surface area contributed by atoms with Gasteiger partial charge in [-0.15, -0.1) is 0 Å². The summed E-state index contributed by atoms with van der Waals surface area (Å²) < 4.78 is 10.5. The molecular weight excluding hydrogens is 356 g/mol. The molecule has 1 aliphatic rings. The van der Waals surface area contributed by atoms with E-state index in [0.29, 0.717) is 11.4 Å². The molecule has 3 rings (SSSR count). The first kappa shape index (κ1) is 19.5. The van der Waals surface area contributed by atoms with E-state index < -0.39 is 24.4 Å². The lowest BCUT2D eigenvalue weighted by molar-refractivity contribution is -0.164. The van der Waals surface area contributed by atoms with Crippen LogP contribution >= 0.6 is 0 Å². The van der Waals surface area contributed by atoms with Crippen molar-refractivity contribution in [3.8, 4) is 0 Å². The third kappa shape index (κ3) is 4.52. The number of hydrogen-bond acceptors (Lipinski definition) is 6. The van der Waals surface area contributed by atoms with Gasteiger partial charge < -0.3 is 9.47 Å². The van der Waals surface area contributed by atoms with E-state index in [4.69, 9.17) is 9.47 Å². The summed E-state index contributed by atoms with van der Waals surface area (Å²) in [4.78, 5) is 32.3. The van der Waals surface area contributed by atoms with E-state index in [2.05, 4.69) is 9.98 Å². The molecule has 28 heavy (non-hydrogen) atoms. The van der Waals surface area contributed by atoms with Crippen LogP contribution < -0.4 is 0 Å². The van der Waals surface area contributed by atoms with Crippen molar-refractivity contribution in [2.75, 3.05) is 0 Å². The van der Waals surface area contributed by atoms with Crippen LogP contribution in [0.15, 0.2) is 58.5 Å². The molecule has 0 radical (unpaired) electrons. The smallest absolute Gasteiger partial charge is 0.304 e. The third-order valence-corrected chi connectivity index (χ3v) is 4.20. The van der Waals surface area contributed by atoms with Gasteiger partial charge in [-0.05, 0) is 13.8 Å². The summed E-state index contributed by atoms with van der Waals surface area (Å²) in [5.41, 5.74) is 5.07. The summed E-state index contributed by atoms with van der Waals surface area (Å²) in [6.45, 7) is 6.57. The van der Waals surface area contributed by atoms with Crippen molar-refractivity contribution in [1.29, 1.82) is 0 Å². The quantitative estimate of drug-likeness (QED) is 0.764. The predicted molar refractivity (Wildman–Crippen MR) is 107 cm³/mol. The monoisotopic (exact) mass is 378 g/mol. The van der Waals surface area contributed by atoms with Gasteiger partial charge in [-0.1, -0.05) is 59.7 Å². The van der Waals surface area contributed by atoms with E-state index in [1.54, 1.807) is 0 Å². The SMILES string of the molecule is CC(=O)O[C@@H]1N=C(c2ccc(C)cc2)C(c2ccc(C)cc2)=N[C@H]1OC(C)=O. The van der Waals surface area contributed by atoms with Gasteiger partial charge in [0.2, 0.25) is 0 Å². The zero-order valence-corrected chi connectivity index (χ0v) is 16.3. The first-order valence-electron chi connectivity index (χ1n) is 8.98. The summed E-state index contributed by atoms with van der Waals surface area (Å²) in [6.07, 6.45) is -2.07. The van der Waals surface area contributed by atoms with Crippen LogP contribution in [-0.2, 0) is 19.1 Å². The molecule has 1 heterocycles. The normalized spacial score (nSPS) is 18.7. The van der Waals surface area contributed by atoms with E-state index in [1.807, 2.05) is 62.4 Å². The number of carbonyl (C=O) groups is 2. The van der Waals surface area contributed by atoms with Crippen molar-refractivity contribution in [2.45, 2.75) is 40.2 Å². The average molecular weight is 378 g/mol. The molecule has 0 amide bonds. The number of rotatable bonds is 4. The maximum atomic E-state index is 11.5. The molecule has 144 valence electrons. The van der Waals surface area contributed by atoms with Gasteiger partial charge in [0.25, 0.3) is 12.5 Å². The Labute approximate surface area is 163 Å². The lowest BCUT2D eigenvalue weighted by atomic mass is 9.97. The molecule has 0 fully saturated rings. The molecule has 2 aromatic carbocycles. The van der Waals surface area contributed by atoms with Crippen LogP contribution in [0.2, 0.25) is 0 Å². The van der Waals surface area contributed by atoms with E-state index in [1.165, 1.54) is 13.8 Å². The van der Waals surface area contributed by atoms with Gasteiger partial charge in [-0.3, -0.25) is 9.59 Å². The van der Waals surface area contributed by atoms with Crippen LogP contribution in [0.5, 0.6) is 0 Å². The molecule has 0 saturated heterocycles. The van der Waals surface area contributed by atoms with Crippen molar-refractivity contribution in [3.63, 3.8) is 0 Å². The lowest BCUT2D eigenvalue weighted by Gasteiger charge is -2.27. The predicted octanol–water partition coefficient (Wildman–Crippen LogP) is 3.37. The van der Waals surface area contributed by atoms with Crippen LogP contribution in [0.4, 0.5) is 0 Å². The number of benzene rings is 2. The fourth-order valence-electron chi connectivity index (χ4n) is 2.86. The summed E-state index contributed by atoms with van der Waals surface area (Å²) >= 11 is 0. The standard InChI is InChI=1S/C22H22N2O4/c1-13-5-9-17(10-6-13)19-20(18-11-7-14(2)8-12-18)24-22(28-16(4)26)21(23-19)27-15(3)25/h5-12,21-22H,1-4H3/t21-,22-/m0/s1. The lowest BCUT2D eigenvalue weighted by Crippen LogP contribution is -2.39. The number of esters is 2. The van der Waals surface area contributed by atoms with Gasteiger partial charge in [0.1, 0.15) is 0 Å². The highest BCUT2D eigenvalue weighted by atomic mass is 16.6. The molecule has 2 aromatic rings. The Morgan fingerprint density at radius 3 is 1.29 bits per heavy atom. The molecule has 0 saturated carbocycles. The number of aliphatic imine (C=N–C) groups is 2. The Balaban J connectivity index is 2.12. The third-order valence-electron chi connectivity index (χ3n) is 4.20. The molecule has 0 spiro atoms. The van der Waals surface area contributed by atoms with E-state index in [0.717, 1.165) is 22.3 Å². The van der Waals surface area contributed by atoms with Crippen molar-refractivity contribution >= 4 is 23.4 Å². The second kappa shape index (κ2) is 8.17. The number of aryl methyl sites for hydroxylation is 2. The molecule has 6 nitrogen and oxygen atoms in total. The maximum Gasteiger partial charge on any atom is 0.304 e. The molecule has 6 heteroatoms. The highest BCUT2D eigenvalue weighted by Gasteiger charge is 2.33. The summed E-state index contributed by atoms with van der Waals surface area (Å²) in [6, 6.07) is 15.7. The van der Waals surface area contributed by atoms with Crippen LogP contribution in [0.1, 0.15) is 36.1 Å². The summed E-state index contributed by atoms with van der Waals surface area (Å²) in [5.74, 6) is -1.05. The Bertz CT molecular complexity index is 864.